The zero-order valence-electron chi connectivity index (χ0n) is 16.4. The van der Waals surface area contributed by atoms with Crippen LogP contribution < -0.4 is 5.32 Å². The molecule has 2 amide bonds. The fourth-order valence-electron chi connectivity index (χ4n) is 3.52. The zero-order chi connectivity index (χ0) is 20.9. The fraction of sp³-hybridized carbons (Fsp3) is 0.261. The summed E-state index contributed by atoms with van der Waals surface area (Å²) < 4.78 is 13.1. The molecule has 1 saturated heterocycles. The third-order valence-corrected chi connectivity index (χ3v) is 6.00. The zero-order valence-corrected chi connectivity index (χ0v) is 17.3. The molecule has 4 rings (SSSR count). The Hall–Kier alpha value is -3.06. The number of hydrogen-bond donors (Lipinski definition) is 1. The van der Waals surface area contributed by atoms with E-state index in [9.17, 15) is 14.0 Å². The largest absolute Gasteiger partial charge is 0.339 e. The summed E-state index contributed by atoms with van der Waals surface area (Å²) in [5.74, 6) is -0.574. The van der Waals surface area contributed by atoms with Crippen molar-refractivity contribution in [3.63, 3.8) is 0 Å². The molecule has 0 bridgehead atoms. The van der Waals surface area contributed by atoms with Crippen molar-refractivity contribution in [2.45, 2.75) is 25.7 Å². The maximum atomic E-state index is 13.1. The number of likely N-dealkylation sites (tertiary alicyclic amines) is 1. The van der Waals surface area contributed by atoms with Gasteiger partial charge in [0.25, 0.3) is 5.91 Å². The number of carbonyl (C=O) groups excluding carboxylic acids is 2. The SMILES string of the molecule is O=C(Cc1csc(-c2ccc(F)cc2)n1)Nc1ccccc1C(=O)N1CCCCC1. The topological polar surface area (TPSA) is 62.3 Å². The van der Waals surface area contributed by atoms with E-state index < -0.39 is 0 Å². The van der Waals surface area contributed by atoms with E-state index in [1.807, 2.05) is 16.3 Å². The molecule has 1 aliphatic rings. The molecule has 1 N–H and O–H groups in total. The van der Waals surface area contributed by atoms with Gasteiger partial charge in [-0.3, -0.25) is 9.59 Å². The maximum absolute atomic E-state index is 13.1. The van der Waals surface area contributed by atoms with Gasteiger partial charge in [-0.1, -0.05) is 12.1 Å². The number of hydrogen-bond acceptors (Lipinski definition) is 4. The van der Waals surface area contributed by atoms with Crippen molar-refractivity contribution in [2.75, 3.05) is 18.4 Å². The number of anilines is 1. The van der Waals surface area contributed by atoms with Crippen LogP contribution in [0.25, 0.3) is 10.6 Å². The monoisotopic (exact) mass is 423 g/mol. The second-order valence-corrected chi connectivity index (χ2v) is 8.13. The average Bonchev–Trinajstić information content (AvgIpc) is 3.23. The number of amides is 2. The lowest BCUT2D eigenvalue weighted by Crippen LogP contribution is -2.36. The van der Waals surface area contributed by atoms with E-state index in [2.05, 4.69) is 10.3 Å². The van der Waals surface area contributed by atoms with E-state index in [1.165, 1.54) is 23.5 Å². The lowest BCUT2D eigenvalue weighted by Gasteiger charge is -2.27. The van der Waals surface area contributed by atoms with E-state index in [-0.39, 0.29) is 24.1 Å². The Labute approximate surface area is 178 Å². The van der Waals surface area contributed by atoms with Crippen molar-refractivity contribution < 1.29 is 14.0 Å². The Morgan fingerprint density at radius 3 is 2.53 bits per heavy atom. The summed E-state index contributed by atoms with van der Waals surface area (Å²) in [4.78, 5) is 31.8. The van der Waals surface area contributed by atoms with Crippen molar-refractivity contribution in [1.29, 1.82) is 0 Å². The van der Waals surface area contributed by atoms with Crippen LogP contribution in [-0.4, -0.2) is 34.8 Å². The number of piperidine rings is 1. The number of para-hydroxylation sites is 1. The number of rotatable bonds is 5. The van der Waals surface area contributed by atoms with Crippen molar-refractivity contribution in [1.82, 2.24) is 9.88 Å². The molecule has 7 heteroatoms. The first-order valence-electron chi connectivity index (χ1n) is 9.98. The van der Waals surface area contributed by atoms with E-state index in [0.717, 1.165) is 42.9 Å². The van der Waals surface area contributed by atoms with Crippen LogP contribution in [0.2, 0.25) is 0 Å². The highest BCUT2D eigenvalue weighted by atomic mass is 32.1. The van der Waals surface area contributed by atoms with Gasteiger partial charge in [0.1, 0.15) is 10.8 Å². The van der Waals surface area contributed by atoms with Crippen molar-refractivity contribution in [2.24, 2.45) is 0 Å². The summed E-state index contributed by atoms with van der Waals surface area (Å²) in [6.45, 7) is 1.51. The maximum Gasteiger partial charge on any atom is 0.255 e. The van der Waals surface area contributed by atoms with Gasteiger partial charge >= 0.3 is 0 Å². The third kappa shape index (κ3) is 4.74. The number of benzene rings is 2. The van der Waals surface area contributed by atoms with Gasteiger partial charge in [-0.15, -0.1) is 11.3 Å². The van der Waals surface area contributed by atoms with Gasteiger partial charge in [0.15, 0.2) is 0 Å². The highest BCUT2D eigenvalue weighted by Crippen LogP contribution is 2.25. The van der Waals surface area contributed by atoms with E-state index >= 15 is 0 Å². The van der Waals surface area contributed by atoms with Crippen LogP contribution in [0.3, 0.4) is 0 Å². The first-order valence-corrected chi connectivity index (χ1v) is 10.9. The molecule has 0 aliphatic carbocycles. The molecule has 1 aromatic heterocycles. The minimum atomic E-state index is -0.298. The van der Waals surface area contributed by atoms with Crippen LogP contribution in [0.4, 0.5) is 10.1 Å². The summed E-state index contributed by atoms with van der Waals surface area (Å²) in [6.07, 6.45) is 3.28. The van der Waals surface area contributed by atoms with E-state index in [4.69, 9.17) is 0 Å². The molecule has 0 saturated carbocycles. The highest BCUT2D eigenvalue weighted by molar-refractivity contribution is 7.13. The third-order valence-electron chi connectivity index (χ3n) is 5.06. The minimum Gasteiger partial charge on any atom is -0.339 e. The quantitative estimate of drug-likeness (QED) is 0.644. The van der Waals surface area contributed by atoms with Crippen LogP contribution in [0.15, 0.2) is 53.9 Å². The molecule has 2 aromatic carbocycles. The molecule has 2 heterocycles. The van der Waals surface area contributed by atoms with Crippen LogP contribution in [-0.2, 0) is 11.2 Å². The Kier molecular flexibility index (Phi) is 6.18. The van der Waals surface area contributed by atoms with E-state index in [1.54, 1.807) is 30.3 Å². The van der Waals surface area contributed by atoms with Gasteiger partial charge in [0.2, 0.25) is 5.91 Å². The molecule has 0 spiro atoms. The predicted molar refractivity (Wildman–Crippen MR) is 116 cm³/mol. The normalized spacial score (nSPS) is 13.8. The number of halogens is 1. The van der Waals surface area contributed by atoms with Crippen molar-refractivity contribution in [3.05, 3.63) is 71.0 Å². The molecule has 1 aliphatic heterocycles. The van der Waals surface area contributed by atoms with Crippen molar-refractivity contribution in [3.8, 4) is 10.6 Å². The van der Waals surface area contributed by atoms with Gasteiger partial charge < -0.3 is 10.2 Å². The van der Waals surface area contributed by atoms with Gasteiger partial charge in [-0.25, -0.2) is 9.37 Å². The molecular weight excluding hydrogens is 401 g/mol. The first kappa shape index (κ1) is 20.2. The molecular formula is C23H22FN3O2S. The average molecular weight is 424 g/mol. The van der Waals surface area contributed by atoms with Gasteiger partial charge in [-0.05, 0) is 55.7 Å². The number of aromatic nitrogens is 1. The second-order valence-electron chi connectivity index (χ2n) is 7.27. The van der Waals surface area contributed by atoms with Gasteiger partial charge in [0, 0.05) is 24.0 Å². The lowest BCUT2D eigenvalue weighted by molar-refractivity contribution is -0.115. The Balaban J connectivity index is 1.43. The molecule has 154 valence electrons. The lowest BCUT2D eigenvalue weighted by atomic mass is 10.1. The molecule has 5 nitrogen and oxygen atoms in total. The molecule has 1 fully saturated rings. The number of nitrogens with one attached hydrogen (secondary N) is 1. The summed E-state index contributed by atoms with van der Waals surface area (Å²) in [5, 5.41) is 5.42. The molecule has 0 unspecified atom stereocenters. The minimum absolute atomic E-state index is 0.0437. The molecule has 0 atom stereocenters. The summed E-state index contributed by atoms with van der Waals surface area (Å²) in [7, 11) is 0. The number of carbonyl (C=O) groups is 2. The van der Waals surface area contributed by atoms with Crippen LogP contribution in [0.1, 0.15) is 35.3 Å². The predicted octanol–water partition coefficient (Wildman–Crippen LogP) is 4.76. The van der Waals surface area contributed by atoms with Crippen LogP contribution >= 0.6 is 11.3 Å². The first-order chi connectivity index (χ1) is 14.6. The molecule has 3 aromatic rings. The van der Waals surface area contributed by atoms with Crippen LogP contribution in [0, 0.1) is 5.82 Å². The Bertz CT molecular complexity index is 1040. The summed E-state index contributed by atoms with van der Waals surface area (Å²) in [6, 6.07) is 13.2. The fourth-order valence-corrected chi connectivity index (χ4v) is 4.34. The van der Waals surface area contributed by atoms with Crippen LogP contribution in [0.5, 0.6) is 0 Å². The number of nitrogens with zero attached hydrogens (tertiary/aromatic N) is 2. The highest BCUT2D eigenvalue weighted by Gasteiger charge is 2.21. The summed E-state index contributed by atoms with van der Waals surface area (Å²) >= 11 is 1.41. The second kappa shape index (κ2) is 9.17. The molecule has 0 radical (unpaired) electrons. The molecule has 30 heavy (non-hydrogen) atoms. The van der Waals surface area contributed by atoms with Crippen molar-refractivity contribution >= 4 is 28.8 Å². The standard InChI is InChI=1S/C23H22FN3O2S/c24-17-10-8-16(9-11-17)22-25-18(15-30-22)14-21(28)26-20-7-3-2-6-19(20)23(29)27-12-4-1-5-13-27/h2-3,6-11,15H,1,4-5,12-14H2,(H,26,28). The van der Waals surface area contributed by atoms with E-state index in [0.29, 0.717) is 16.9 Å². The Morgan fingerprint density at radius 1 is 1.03 bits per heavy atom. The smallest absolute Gasteiger partial charge is 0.255 e. The number of thiazole rings is 1. The van der Waals surface area contributed by atoms with Gasteiger partial charge in [-0.2, -0.15) is 0 Å². The Morgan fingerprint density at radius 2 is 1.77 bits per heavy atom. The van der Waals surface area contributed by atoms with Gasteiger partial charge in [0.05, 0.1) is 23.4 Å². The summed E-state index contributed by atoms with van der Waals surface area (Å²) in [5.41, 5.74) is 2.48.